The fourth-order valence-corrected chi connectivity index (χ4v) is 2.30. The molecule has 1 atom stereocenters. The maximum absolute atomic E-state index is 12.8. The summed E-state index contributed by atoms with van der Waals surface area (Å²) in [5.74, 6) is 0. The second-order valence-electron chi connectivity index (χ2n) is 4.31. The van der Waals surface area contributed by atoms with Crippen LogP contribution in [0.1, 0.15) is 22.8 Å². The smallest absolute Gasteiger partial charge is 0.388 e. The van der Waals surface area contributed by atoms with Crippen molar-refractivity contribution in [1.82, 2.24) is 4.98 Å². The average molecular weight is 346 g/mol. The molecule has 0 fully saturated rings. The highest BCUT2D eigenvalue weighted by Gasteiger charge is 2.33. The van der Waals surface area contributed by atoms with Gasteiger partial charge in [-0.05, 0) is 35.4 Å². The minimum absolute atomic E-state index is 0.0372. The summed E-state index contributed by atoms with van der Waals surface area (Å²) in [5.41, 5.74) is 0.255. The Labute approximate surface area is 122 Å². The Morgan fingerprint density at radius 2 is 1.80 bits per heavy atom. The summed E-state index contributed by atoms with van der Waals surface area (Å²) in [6.07, 6.45) is -2.06. The van der Waals surface area contributed by atoms with Crippen molar-refractivity contribution in [2.24, 2.45) is 0 Å². The minimum Gasteiger partial charge on any atom is -0.388 e. The molecule has 0 bridgehead atoms. The molecule has 0 saturated carbocycles. The number of halogens is 4. The van der Waals surface area contributed by atoms with Gasteiger partial charge in [0.25, 0.3) is 0 Å². The summed E-state index contributed by atoms with van der Waals surface area (Å²) in [7, 11) is 0. The summed E-state index contributed by atoms with van der Waals surface area (Å²) in [5, 5.41) is 10.1. The van der Waals surface area contributed by atoms with Crippen LogP contribution < -0.4 is 0 Å². The number of benzene rings is 1. The number of aliphatic hydroxyl groups excluding tert-OH is 1. The molecule has 1 N–H and O–H groups in total. The molecule has 1 heterocycles. The zero-order valence-electron chi connectivity index (χ0n) is 10.2. The van der Waals surface area contributed by atoms with Gasteiger partial charge in [0.05, 0.1) is 11.7 Å². The van der Waals surface area contributed by atoms with E-state index in [1.807, 2.05) is 0 Å². The molecular formula is C14H11BrF3NO. The predicted octanol–water partition coefficient (Wildman–Crippen LogP) is 4.14. The molecule has 0 amide bonds. The number of hydrogen-bond donors (Lipinski definition) is 1. The second-order valence-corrected chi connectivity index (χ2v) is 5.17. The van der Waals surface area contributed by atoms with E-state index in [-0.39, 0.29) is 16.5 Å². The first kappa shape index (κ1) is 15.0. The Bertz CT molecular complexity index is 587. The van der Waals surface area contributed by atoms with Gasteiger partial charge in [-0.3, -0.25) is 4.98 Å². The van der Waals surface area contributed by atoms with E-state index in [4.69, 9.17) is 0 Å². The molecule has 0 radical (unpaired) electrons. The van der Waals surface area contributed by atoms with Crippen molar-refractivity contribution in [3.8, 4) is 0 Å². The highest BCUT2D eigenvalue weighted by Crippen LogP contribution is 2.36. The monoisotopic (exact) mass is 345 g/mol. The van der Waals surface area contributed by atoms with E-state index in [9.17, 15) is 18.3 Å². The van der Waals surface area contributed by atoms with Crippen molar-refractivity contribution in [3.63, 3.8) is 0 Å². The van der Waals surface area contributed by atoms with Crippen LogP contribution in [0.15, 0.2) is 47.2 Å². The number of alkyl halides is 3. The molecule has 106 valence electrons. The Balaban J connectivity index is 2.25. The molecule has 20 heavy (non-hydrogen) atoms. The zero-order valence-corrected chi connectivity index (χ0v) is 11.8. The van der Waals surface area contributed by atoms with Crippen LogP contribution in [0.25, 0.3) is 0 Å². The van der Waals surface area contributed by atoms with Crippen molar-refractivity contribution in [2.45, 2.75) is 18.7 Å². The molecule has 1 unspecified atom stereocenters. The summed E-state index contributed by atoms with van der Waals surface area (Å²) >= 11 is 2.87. The van der Waals surface area contributed by atoms with Gasteiger partial charge in [0.2, 0.25) is 0 Å². The number of hydrogen-bond acceptors (Lipinski definition) is 2. The van der Waals surface area contributed by atoms with E-state index in [1.165, 1.54) is 12.1 Å². The van der Waals surface area contributed by atoms with Crippen molar-refractivity contribution >= 4 is 15.9 Å². The van der Waals surface area contributed by atoms with Crippen LogP contribution in [0.2, 0.25) is 0 Å². The summed E-state index contributed by atoms with van der Waals surface area (Å²) < 4.78 is 38.4. The third-order valence-electron chi connectivity index (χ3n) is 2.86. The van der Waals surface area contributed by atoms with E-state index < -0.39 is 17.8 Å². The van der Waals surface area contributed by atoms with Gasteiger partial charge in [-0.1, -0.05) is 22.0 Å². The number of aromatic nitrogens is 1. The first-order valence-electron chi connectivity index (χ1n) is 5.81. The van der Waals surface area contributed by atoms with E-state index in [0.717, 1.165) is 11.6 Å². The van der Waals surface area contributed by atoms with Crippen molar-refractivity contribution in [3.05, 3.63) is 63.9 Å². The third-order valence-corrected chi connectivity index (χ3v) is 3.55. The van der Waals surface area contributed by atoms with Gasteiger partial charge in [-0.25, -0.2) is 0 Å². The molecule has 2 rings (SSSR count). The predicted molar refractivity (Wildman–Crippen MR) is 72.0 cm³/mol. The summed E-state index contributed by atoms with van der Waals surface area (Å²) in [4.78, 5) is 3.85. The van der Waals surface area contributed by atoms with Crippen LogP contribution in [0.4, 0.5) is 13.2 Å². The molecule has 0 aliphatic carbocycles. The summed E-state index contributed by atoms with van der Waals surface area (Å²) in [6.45, 7) is 0. The van der Waals surface area contributed by atoms with Gasteiger partial charge >= 0.3 is 6.18 Å². The Morgan fingerprint density at radius 1 is 1.15 bits per heavy atom. The first-order valence-corrected chi connectivity index (χ1v) is 6.61. The summed E-state index contributed by atoms with van der Waals surface area (Å²) in [6, 6.07) is 7.18. The molecule has 1 aromatic heterocycles. The van der Waals surface area contributed by atoms with Crippen LogP contribution in [0, 0.1) is 0 Å². The molecule has 2 nitrogen and oxygen atoms in total. The minimum atomic E-state index is -4.45. The van der Waals surface area contributed by atoms with Crippen LogP contribution in [-0.2, 0) is 12.6 Å². The lowest BCUT2D eigenvalue weighted by Gasteiger charge is -2.15. The lowest BCUT2D eigenvalue weighted by atomic mass is 10.0. The number of aliphatic hydroxyl groups is 1. The SMILES string of the molecule is OC(Cc1ccncc1)c1ccc(Br)c(C(F)(F)F)c1. The molecule has 0 aliphatic heterocycles. The van der Waals surface area contributed by atoms with E-state index >= 15 is 0 Å². The van der Waals surface area contributed by atoms with Crippen LogP contribution in [-0.4, -0.2) is 10.1 Å². The van der Waals surface area contributed by atoms with Gasteiger partial charge in [-0.2, -0.15) is 13.2 Å². The van der Waals surface area contributed by atoms with Gasteiger partial charge in [-0.15, -0.1) is 0 Å². The Hall–Kier alpha value is -1.40. The van der Waals surface area contributed by atoms with Crippen LogP contribution in [0.3, 0.4) is 0 Å². The maximum Gasteiger partial charge on any atom is 0.417 e. The fourth-order valence-electron chi connectivity index (χ4n) is 1.83. The molecule has 0 saturated heterocycles. The molecule has 6 heteroatoms. The highest BCUT2D eigenvalue weighted by atomic mass is 79.9. The van der Waals surface area contributed by atoms with E-state index in [1.54, 1.807) is 24.5 Å². The number of rotatable bonds is 3. The van der Waals surface area contributed by atoms with Crippen molar-refractivity contribution in [2.75, 3.05) is 0 Å². The number of nitrogens with zero attached hydrogens (tertiary/aromatic N) is 1. The fraction of sp³-hybridized carbons (Fsp3) is 0.214. The molecule has 2 aromatic rings. The zero-order chi connectivity index (χ0) is 14.8. The molecule has 0 spiro atoms. The Kier molecular flexibility index (Phi) is 4.45. The normalized spacial score (nSPS) is 13.2. The standard InChI is InChI=1S/C14H11BrF3NO/c15-12-2-1-10(8-11(12)14(16,17)18)13(20)7-9-3-5-19-6-4-9/h1-6,8,13,20H,7H2. The van der Waals surface area contributed by atoms with E-state index in [2.05, 4.69) is 20.9 Å². The second kappa shape index (κ2) is 5.93. The largest absolute Gasteiger partial charge is 0.417 e. The molecule has 1 aromatic carbocycles. The lowest BCUT2D eigenvalue weighted by Crippen LogP contribution is -2.09. The molecule has 0 aliphatic rings. The van der Waals surface area contributed by atoms with Crippen molar-refractivity contribution in [1.29, 1.82) is 0 Å². The van der Waals surface area contributed by atoms with Crippen LogP contribution in [0.5, 0.6) is 0 Å². The van der Waals surface area contributed by atoms with Gasteiger partial charge in [0.15, 0.2) is 0 Å². The van der Waals surface area contributed by atoms with Gasteiger partial charge < -0.3 is 5.11 Å². The number of pyridine rings is 1. The topological polar surface area (TPSA) is 33.1 Å². The third kappa shape index (κ3) is 3.58. The molecular weight excluding hydrogens is 335 g/mol. The van der Waals surface area contributed by atoms with Crippen LogP contribution >= 0.6 is 15.9 Å². The van der Waals surface area contributed by atoms with Gasteiger partial charge in [0, 0.05) is 23.3 Å². The first-order chi connectivity index (χ1) is 9.38. The average Bonchev–Trinajstić information content (AvgIpc) is 2.39. The van der Waals surface area contributed by atoms with Gasteiger partial charge in [0.1, 0.15) is 0 Å². The lowest BCUT2D eigenvalue weighted by molar-refractivity contribution is -0.138. The maximum atomic E-state index is 12.8. The van der Waals surface area contributed by atoms with E-state index in [0.29, 0.717) is 0 Å². The Morgan fingerprint density at radius 3 is 2.40 bits per heavy atom. The van der Waals surface area contributed by atoms with Crippen molar-refractivity contribution < 1.29 is 18.3 Å². The quantitative estimate of drug-likeness (QED) is 0.906. The highest BCUT2D eigenvalue weighted by molar-refractivity contribution is 9.10.